The first-order valence-corrected chi connectivity index (χ1v) is 5.74. The molecule has 1 aliphatic heterocycles. The molecule has 1 atom stereocenters. The lowest BCUT2D eigenvalue weighted by Gasteiger charge is -2.34. The summed E-state index contributed by atoms with van der Waals surface area (Å²) in [6.07, 6.45) is -4.64. The number of alkyl halides is 3. The lowest BCUT2D eigenvalue weighted by molar-refractivity contribution is -0.141. The summed E-state index contributed by atoms with van der Waals surface area (Å²) in [4.78, 5) is 12.2. The standard InChI is InChI=1S/C12H11F4NO3/c13-8-5-7(12(14,15)16)1-2-9(8)17-3-4-20-6-10(17)11(18)19/h1-2,5,10H,3-4,6H2,(H,18,19). The summed E-state index contributed by atoms with van der Waals surface area (Å²) in [5.41, 5.74) is -1.28. The summed E-state index contributed by atoms with van der Waals surface area (Å²) in [5, 5.41) is 9.02. The van der Waals surface area contributed by atoms with Gasteiger partial charge in [0, 0.05) is 6.54 Å². The largest absolute Gasteiger partial charge is 0.480 e. The highest BCUT2D eigenvalue weighted by atomic mass is 19.4. The summed E-state index contributed by atoms with van der Waals surface area (Å²) < 4.78 is 56.2. The van der Waals surface area contributed by atoms with Crippen molar-refractivity contribution < 1.29 is 32.2 Å². The van der Waals surface area contributed by atoms with E-state index in [1.807, 2.05) is 0 Å². The SMILES string of the molecule is O=C(O)C1COCCN1c1ccc(C(F)(F)F)cc1F. The number of rotatable bonds is 2. The first-order valence-electron chi connectivity index (χ1n) is 5.74. The molecule has 1 saturated heterocycles. The molecule has 0 spiro atoms. The molecule has 8 heteroatoms. The van der Waals surface area contributed by atoms with Crippen LogP contribution in [0.1, 0.15) is 5.56 Å². The van der Waals surface area contributed by atoms with Gasteiger partial charge < -0.3 is 14.7 Å². The minimum absolute atomic E-state index is 0.0965. The van der Waals surface area contributed by atoms with Crippen molar-refractivity contribution in [2.24, 2.45) is 0 Å². The number of carbonyl (C=O) groups is 1. The molecule has 0 aliphatic carbocycles. The molecule has 1 fully saturated rings. The molecule has 1 N–H and O–H groups in total. The molecule has 0 saturated carbocycles. The molecule has 4 nitrogen and oxygen atoms in total. The third-order valence-electron chi connectivity index (χ3n) is 3.00. The second-order valence-electron chi connectivity index (χ2n) is 4.29. The van der Waals surface area contributed by atoms with E-state index in [1.54, 1.807) is 0 Å². The van der Waals surface area contributed by atoms with E-state index in [2.05, 4.69) is 0 Å². The zero-order valence-electron chi connectivity index (χ0n) is 10.2. The van der Waals surface area contributed by atoms with Gasteiger partial charge in [-0.05, 0) is 18.2 Å². The van der Waals surface area contributed by atoms with E-state index in [9.17, 15) is 22.4 Å². The number of hydrogen-bond donors (Lipinski definition) is 1. The Kier molecular flexibility index (Phi) is 3.85. The van der Waals surface area contributed by atoms with Gasteiger partial charge in [0.1, 0.15) is 5.82 Å². The topological polar surface area (TPSA) is 49.8 Å². The van der Waals surface area contributed by atoms with Crippen molar-refractivity contribution in [2.45, 2.75) is 12.2 Å². The number of hydrogen-bond acceptors (Lipinski definition) is 3. The lowest BCUT2D eigenvalue weighted by atomic mass is 10.1. The van der Waals surface area contributed by atoms with E-state index in [1.165, 1.54) is 4.90 Å². The highest BCUT2D eigenvalue weighted by Crippen LogP contribution is 2.33. The number of aliphatic carboxylic acids is 1. The van der Waals surface area contributed by atoms with Crippen LogP contribution in [-0.4, -0.2) is 36.9 Å². The molecule has 1 aliphatic rings. The van der Waals surface area contributed by atoms with Gasteiger partial charge in [-0.25, -0.2) is 9.18 Å². The van der Waals surface area contributed by atoms with Crippen LogP contribution in [0.3, 0.4) is 0 Å². The van der Waals surface area contributed by atoms with Crippen LogP contribution >= 0.6 is 0 Å². The Morgan fingerprint density at radius 2 is 2.10 bits per heavy atom. The number of ether oxygens (including phenoxy) is 1. The molecule has 1 unspecified atom stereocenters. The van der Waals surface area contributed by atoms with E-state index >= 15 is 0 Å². The first-order chi connectivity index (χ1) is 9.30. The zero-order valence-corrected chi connectivity index (χ0v) is 10.2. The van der Waals surface area contributed by atoms with Crippen LogP contribution in [-0.2, 0) is 15.7 Å². The predicted octanol–water partition coefficient (Wildman–Crippen LogP) is 2.13. The number of benzene rings is 1. The fourth-order valence-electron chi connectivity index (χ4n) is 2.01. The van der Waals surface area contributed by atoms with E-state index in [-0.39, 0.29) is 25.4 Å². The van der Waals surface area contributed by atoms with Gasteiger partial charge in [-0.2, -0.15) is 13.2 Å². The number of nitrogens with zero attached hydrogens (tertiary/aromatic N) is 1. The van der Waals surface area contributed by atoms with Crippen molar-refractivity contribution in [3.05, 3.63) is 29.6 Å². The Labute approximate surface area is 111 Å². The van der Waals surface area contributed by atoms with Crippen molar-refractivity contribution in [3.63, 3.8) is 0 Å². The van der Waals surface area contributed by atoms with Gasteiger partial charge in [0.15, 0.2) is 6.04 Å². The lowest BCUT2D eigenvalue weighted by Crippen LogP contribution is -2.50. The van der Waals surface area contributed by atoms with E-state index in [0.29, 0.717) is 6.07 Å². The Balaban J connectivity index is 2.34. The maximum absolute atomic E-state index is 13.8. The minimum atomic E-state index is -4.64. The van der Waals surface area contributed by atoms with Crippen LogP contribution in [0.2, 0.25) is 0 Å². The number of carboxylic acid groups (broad SMARTS) is 1. The molecular formula is C12H11F4NO3. The highest BCUT2D eigenvalue weighted by molar-refractivity contribution is 5.78. The first kappa shape index (κ1) is 14.6. The number of carboxylic acids is 1. The van der Waals surface area contributed by atoms with Crippen LogP contribution < -0.4 is 4.90 Å². The van der Waals surface area contributed by atoms with Crippen LogP contribution in [0.25, 0.3) is 0 Å². The average Bonchev–Trinajstić information content (AvgIpc) is 2.37. The quantitative estimate of drug-likeness (QED) is 0.849. The summed E-state index contributed by atoms with van der Waals surface area (Å²) >= 11 is 0. The number of morpholine rings is 1. The predicted molar refractivity (Wildman–Crippen MR) is 61.0 cm³/mol. The van der Waals surface area contributed by atoms with Crippen molar-refractivity contribution in [1.29, 1.82) is 0 Å². The van der Waals surface area contributed by atoms with E-state index < -0.39 is 29.6 Å². The summed E-state index contributed by atoms with van der Waals surface area (Å²) in [7, 11) is 0. The van der Waals surface area contributed by atoms with Crippen LogP contribution in [0.4, 0.5) is 23.2 Å². The number of halogens is 4. The van der Waals surface area contributed by atoms with Crippen molar-refractivity contribution in [3.8, 4) is 0 Å². The molecular weight excluding hydrogens is 282 g/mol. The summed E-state index contributed by atoms with van der Waals surface area (Å²) in [5.74, 6) is -2.32. The third-order valence-corrected chi connectivity index (χ3v) is 3.00. The minimum Gasteiger partial charge on any atom is -0.480 e. The molecule has 1 heterocycles. The molecule has 110 valence electrons. The van der Waals surface area contributed by atoms with E-state index in [0.717, 1.165) is 12.1 Å². The van der Waals surface area contributed by atoms with Crippen LogP contribution in [0.15, 0.2) is 18.2 Å². The summed E-state index contributed by atoms with van der Waals surface area (Å²) in [6, 6.07) is 0.922. The molecule has 0 bridgehead atoms. The summed E-state index contributed by atoms with van der Waals surface area (Å²) in [6.45, 7) is 0.138. The average molecular weight is 293 g/mol. The van der Waals surface area contributed by atoms with Gasteiger partial charge in [-0.15, -0.1) is 0 Å². The maximum Gasteiger partial charge on any atom is 0.416 e. The third kappa shape index (κ3) is 2.84. The number of anilines is 1. The zero-order chi connectivity index (χ0) is 14.9. The molecule has 0 amide bonds. The Morgan fingerprint density at radius 3 is 2.65 bits per heavy atom. The molecule has 2 rings (SSSR count). The molecule has 1 aromatic rings. The normalized spacial score (nSPS) is 20.0. The molecule has 1 aromatic carbocycles. The van der Waals surface area contributed by atoms with Gasteiger partial charge in [0.25, 0.3) is 0 Å². The van der Waals surface area contributed by atoms with Crippen LogP contribution in [0.5, 0.6) is 0 Å². The Hall–Kier alpha value is -1.83. The van der Waals surface area contributed by atoms with Gasteiger partial charge >= 0.3 is 12.1 Å². The monoisotopic (exact) mass is 293 g/mol. The highest BCUT2D eigenvalue weighted by Gasteiger charge is 2.34. The van der Waals surface area contributed by atoms with Crippen molar-refractivity contribution in [1.82, 2.24) is 0 Å². The fraction of sp³-hybridized carbons (Fsp3) is 0.417. The van der Waals surface area contributed by atoms with Crippen molar-refractivity contribution >= 4 is 11.7 Å². The Morgan fingerprint density at radius 1 is 1.40 bits per heavy atom. The van der Waals surface area contributed by atoms with Gasteiger partial charge in [-0.3, -0.25) is 0 Å². The maximum atomic E-state index is 13.8. The second-order valence-corrected chi connectivity index (χ2v) is 4.29. The molecule has 20 heavy (non-hydrogen) atoms. The van der Waals surface area contributed by atoms with Gasteiger partial charge in [0.05, 0.1) is 24.5 Å². The van der Waals surface area contributed by atoms with Gasteiger partial charge in [0.2, 0.25) is 0 Å². The smallest absolute Gasteiger partial charge is 0.416 e. The van der Waals surface area contributed by atoms with E-state index in [4.69, 9.17) is 9.84 Å². The Bertz CT molecular complexity index is 518. The van der Waals surface area contributed by atoms with Gasteiger partial charge in [-0.1, -0.05) is 0 Å². The molecule has 0 aromatic heterocycles. The second kappa shape index (κ2) is 5.28. The van der Waals surface area contributed by atoms with Crippen LogP contribution in [0, 0.1) is 5.82 Å². The van der Waals surface area contributed by atoms with Crippen molar-refractivity contribution in [2.75, 3.05) is 24.7 Å². The fourth-order valence-corrected chi connectivity index (χ4v) is 2.01. The molecule has 0 radical (unpaired) electrons.